The van der Waals surface area contributed by atoms with Gasteiger partial charge in [0.2, 0.25) is 5.91 Å². The summed E-state index contributed by atoms with van der Waals surface area (Å²) in [5, 5.41) is 60.2. The Bertz CT molecular complexity index is 1010. The third-order valence-electron chi connectivity index (χ3n) is 10.1. The highest BCUT2D eigenvalue weighted by Crippen LogP contribution is 2.42. The number of nitrogens with one attached hydrogen (secondary N) is 2. The summed E-state index contributed by atoms with van der Waals surface area (Å²) in [5.74, 6) is -0.343. The van der Waals surface area contributed by atoms with E-state index in [0.717, 1.165) is 0 Å². The van der Waals surface area contributed by atoms with Crippen LogP contribution in [0.1, 0.15) is 58.3 Å². The molecule has 2 heterocycles. The van der Waals surface area contributed by atoms with E-state index >= 15 is 0 Å². The van der Waals surface area contributed by atoms with Gasteiger partial charge in [-0.2, -0.15) is 0 Å². The van der Waals surface area contributed by atoms with Crippen molar-refractivity contribution in [3.05, 3.63) is 11.8 Å². The molecular weight excluding hydrogens is 588 g/mol. The molecule has 45 heavy (non-hydrogen) atoms. The smallest absolute Gasteiger partial charge is 0.249 e. The maximum atomic E-state index is 12.8. The van der Waals surface area contributed by atoms with Crippen LogP contribution in [0.2, 0.25) is 0 Å². The summed E-state index contributed by atoms with van der Waals surface area (Å²) in [6.07, 6.45) is -1.18. The molecule has 15 heteroatoms. The molecule has 15 N–H and O–H groups in total. The van der Waals surface area contributed by atoms with Gasteiger partial charge in [0.15, 0.2) is 6.29 Å². The molecule has 1 unspecified atom stereocenters. The van der Waals surface area contributed by atoms with Gasteiger partial charge >= 0.3 is 0 Å². The van der Waals surface area contributed by atoms with Gasteiger partial charge in [-0.3, -0.25) is 4.79 Å². The lowest BCUT2D eigenvalue weighted by Gasteiger charge is -2.50. The number of hydrogen-bond acceptors (Lipinski definition) is 14. The standard InChI is InChI=1S/C30H56N6O9/c1-29(41)14-43-28(23(39)26(29)35-2)45-25-19(36-27(40)20(37)7-9-31)10-18(34)21(22(25)38)24-17(33)6-5-16(44-24)4-3-8-30(42)11-15(12-30)13-32/h5,15,17-26,28,35,37-39,41-42H,3-4,6-14,31-34H2,1-2H3,(H,36,40)/t15?,17-,18+,19-,20+,21-,22+,23-,24?,25+,26-,28-,29+,30?/m1/s1. The van der Waals surface area contributed by atoms with E-state index in [-0.39, 0.29) is 26.0 Å². The van der Waals surface area contributed by atoms with Crippen LogP contribution in [0.5, 0.6) is 0 Å². The van der Waals surface area contributed by atoms with Gasteiger partial charge in [-0.1, -0.05) is 0 Å². The lowest BCUT2D eigenvalue weighted by atomic mass is 9.68. The zero-order chi connectivity index (χ0) is 33.1. The summed E-state index contributed by atoms with van der Waals surface area (Å²) < 4.78 is 18.3. The second kappa shape index (κ2) is 15.2. The predicted octanol–water partition coefficient (Wildman–Crippen LogP) is -3.40. The van der Waals surface area contributed by atoms with Gasteiger partial charge in [-0.25, -0.2) is 0 Å². The lowest BCUT2D eigenvalue weighted by molar-refractivity contribution is -0.297. The summed E-state index contributed by atoms with van der Waals surface area (Å²) in [7, 11) is 1.59. The number of aliphatic hydroxyl groups excluding tert-OH is 3. The van der Waals surface area contributed by atoms with Crippen molar-refractivity contribution in [3.63, 3.8) is 0 Å². The molecule has 4 rings (SSSR count). The first kappa shape index (κ1) is 36.4. The number of carbonyl (C=O) groups is 1. The van der Waals surface area contributed by atoms with E-state index in [9.17, 15) is 30.3 Å². The Labute approximate surface area is 265 Å². The van der Waals surface area contributed by atoms with E-state index in [0.29, 0.717) is 56.7 Å². The largest absolute Gasteiger partial charge is 0.493 e. The Hall–Kier alpha value is -1.47. The maximum Gasteiger partial charge on any atom is 0.249 e. The third-order valence-corrected chi connectivity index (χ3v) is 10.1. The van der Waals surface area contributed by atoms with Gasteiger partial charge in [0.1, 0.15) is 30.0 Å². The minimum Gasteiger partial charge on any atom is -0.493 e. The van der Waals surface area contributed by atoms with Crippen molar-refractivity contribution in [3.8, 4) is 0 Å². The van der Waals surface area contributed by atoms with Crippen molar-refractivity contribution in [1.29, 1.82) is 0 Å². The maximum absolute atomic E-state index is 12.8. The molecule has 3 fully saturated rings. The molecular formula is C30H56N6O9. The van der Waals surface area contributed by atoms with Crippen LogP contribution in [0.15, 0.2) is 11.8 Å². The van der Waals surface area contributed by atoms with Gasteiger partial charge in [0, 0.05) is 24.4 Å². The number of allylic oxidation sites excluding steroid dienone is 1. The molecule has 0 aromatic rings. The quantitative estimate of drug-likeness (QED) is 0.0933. The molecule has 0 radical (unpaired) electrons. The van der Waals surface area contributed by atoms with Gasteiger partial charge in [0.25, 0.3) is 0 Å². The number of aliphatic hydroxyl groups is 5. The van der Waals surface area contributed by atoms with E-state index in [2.05, 4.69) is 10.6 Å². The van der Waals surface area contributed by atoms with Crippen LogP contribution in [-0.2, 0) is 19.0 Å². The van der Waals surface area contributed by atoms with Crippen molar-refractivity contribution in [2.75, 3.05) is 26.7 Å². The predicted molar refractivity (Wildman–Crippen MR) is 164 cm³/mol. The normalized spacial score (nSPS) is 44.3. The second-order valence-electron chi connectivity index (χ2n) is 13.8. The molecule has 260 valence electrons. The SMILES string of the molecule is CN[C@@H]1[C@@H](O)[C@@H](O[C@@H]2[C@@H](O)[C@H](C3OC(CCCC4(O)CC(CN)C4)=CC[C@H]3N)[C@@H](N)C[C@H]2NC(=O)[C@@H](O)CCN)OC[C@]1(C)O. The molecule has 2 aliphatic carbocycles. The summed E-state index contributed by atoms with van der Waals surface area (Å²) in [4.78, 5) is 12.8. The number of carbonyl (C=O) groups excluding carboxylic acids is 1. The van der Waals surface area contributed by atoms with E-state index in [1.807, 2.05) is 6.08 Å². The van der Waals surface area contributed by atoms with Crippen molar-refractivity contribution in [2.24, 2.45) is 34.8 Å². The molecule has 0 bridgehead atoms. The van der Waals surface area contributed by atoms with Gasteiger partial charge < -0.3 is 73.3 Å². The number of hydrogen-bond donors (Lipinski definition) is 11. The van der Waals surface area contributed by atoms with E-state index < -0.39 is 84.0 Å². The van der Waals surface area contributed by atoms with Crippen LogP contribution < -0.4 is 33.6 Å². The first-order valence-electron chi connectivity index (χ1n) is 16.2. The number of rotatable bonds is 13. The van der Waals surface area contributed by atoms with Crippen LogP contribution in [0, 0.1) is 11.8 Å². The fourth-order valence-corrected chi connectivity index (χ4v) is 7.55. The minimum absolute atomic E-state index is 0.0373. The molecule has 1 saturated heterocycles. The Kier molecular flexibility index (Phi) is 12.3. The lowest BCUT2D eigenvalue weighted by Crippen LogP contribution is -2.69. The summed E-state index contributed by atoms with van der Waals surface area (Å²) >= 11 is 0. The van der Waals surface area contributed by atoms with Crippen LogP contribution in [0.4, 0.5) is 0 Å². The fraction of sp³-hybridized carbons (Fsp3) is 0.900. The number of amides is 1. The van der Waals surface area contributed by atoms with E-state index in [4.69, 9.17) is 37.1 Å². The van der Waals surface area contributed by atoms with Crippen molar-refractivity contribution < 1.29 is 44.5 Å². The number of nitrogens with two attached hydrogens (primary N) is 4. The van der Waals surface area contributed by atoms with Gasteiger partial charge in [0.05, 0.1) is 36.2 Å². The monoisotopic (exact) mass is 644 g/mol. The molecule has 2 saturated carbocycles. The highest BCUT2D eigenvalue weighted by molar-refractivity contribution is 5.80. The first-order chi connectivity index (χ1) is 21.2. The molecule has 12 atom stereocenters. The van der Waals surface area contributed by atoms with Crippen molar-refractivity contribution >= 4 is 5.91 Å². The molecule has 15 nitrogen and oxygen atoms in total. The Morgan fingerprint density at radius 1 is 1.18 bits per heavy atom. The Morgan fingerprint density at radius 3 is 2.53 bits per heavy atom. The molecule has 0 spiro atoms. The average molecular weight is 645 g/mol. The van der Waals surface area contributed by atoms with E-state index in [1.165, 1.54) is 6.92 Å². The van der Waals surface area contributed by atoms with Gasteiger partial charge in [-0.15, -0.1) is 0 Å². The van der Waals surface area contributed by atoms with Crippen molar-refractivity contribution in [2.45, 2.75) is 130 Å². The summed E-state index contributed by atoms with van der Waals surface area (Å²) in [6.45, 7) is 2.03. The highest BCUT2D eigenvalue weighted by Gasteiger charge is 2.53. The average Bonchev–Trinajstić information content (AvgIpc) is 2.96. The summed E-state index contributed by atoms with van der Waals surface area (Å²) in [6, 6.07) is -2.85. The van der Waals surface area contributed by atoms with Crippen LogP contribution in [0.3, 0.4) is 0 Å². The third kappa shape index (κ3) is 8.34. The Morgan fingerprint density at radius 2 is 1.89 bits per heavy atom. The number of likely N-dealkylation sites (N-methyl/N-ethyl adjacent to an activating group) is 1. The topological polar surface area (TPSA) is 274 Å². The number of ether oxygens (including phenoxy) is 3. The molecule has 0 aromatic carbocycles. The molecule has 1 amide bonds. The zero-order valence-electron chi connectivity index (χ0n) is 26.5. The Balaban J connectivity index is 1.49. The second-order valence-corrected chi connectivity index (χ2v) is 13.8. The minimum atomic E-state index is -1.39. The zero-order valence-corrected chi connectivity index (χ0v) is 26.5. The van der Waals surface area contributed by atoms with Crippen molar-refractivity contribution in [1.82, 2.24) is 10.6 Å². The highest BCUT2D eigenvalue weighted by atomic mass is 16.7. The molecule has 4 aliphatic rings. The van der Waals surface area contributed by atoms with Gasteiger partial charge in [-0.05, 0) is 84.0 Å². The molecule has 0 aromatic heterocycles. The first-order valence-corrected chi connectivity index (χ1v) is 16.2. The van der Waals surface area contributed by atoms with E-state index in [1.54, 1.807) is 7.05 Å². The van der Waals surface area contributed by atoms with Crippen LogP contribution in [-0.4, -0.2) is 130 Å². The van der Waals surface area contributed by atoms with Crippen LogP contribution >= 0.6 is 0 Å². The summed E-state index contributed by atoms with van der Waals surface area (Å²) in [5.41, 5.74) is 22.3. The molecule has 2 aliphatic heterocycles. The fourth-order valence-electron chi connectivity index (χ4n) is 7.55. The van der Waals surface area contributed by atoms with Crippen LogP contribution in [0.25, 0.3) is 0 Å².